The number of hydrogen-bond acceptors (Lipinski definition) is 7. The molecule has 6 nitrogen and oxygen atoms in total. The van der Waals surface area contributed by atoms with Crippen molar-refractivity contribution in [3.05, 3.63) is 96.0 Å². The summed E-state index contributed by atoms with van der Waals surface area (Å²) < 4.78 is 23.5. The summed E-state index contributed by atoms with van der Waals surface area (Å²) in [6.07, 6.45) is 3.94. The van der Waals surface area contributed by atoms with Crippen LogP contribution in [0.15, 0.2) is 69.8 Å². The molecule has 3 heterocycles. The van der Waals surface area contributed by atoms with Gasteiger partial charge in [-0.25, -0.2) is 9.18 Å². The maximum atomic E-state index is 13.8. The molecule has 5 rings (SSSR count). The number of methoxy groups -OCH3 is 1. The summed E-state index contributed by atoms with van der Waals surface area (Å²) in [4.78, 5) is 28.8. The van der Waals surface area contributed by atoms with Gasteiger partial charge in [-0.2, -0.15) is 4.57 Å². The van der Waals surface area contributed by atoms with E-state index in [4.69, 9.17) is 4.74 Å². The molecule has 0 fully saturated rings. The molecule has 0 spiro atoms. The number of carbonyl (C=O) groups excluding carboxylic acids is 1. The van der Waals surface area contributed by atoms with E-state index in [1.165, 1.54) is 46.9 Å². The van der Waals surface area contributed by atoms with Gasteiger partial charge >= 0.3 is 5.97 Å². The van der Waals surface area contributed by atoms with Gasteiger partial charge in [0.2, 0.25) is 0 Å². The van der Waals surface area contributed by atoms with Crippen LogP contribution in [0.1, 0.15) is 23.5 Å². The SMILES string of the molecule is COC(=O)[C@@H](C)n1c(=O)/c(=C2\Sc3cc(F)ccc3N2C)s/c1=C\c1scc[n+]1Cc1ccccc1. The smallest absolute Gasteiger partial charge is 0.328 e. The highest BCUT2D eigenvalue weighted by atomic mass is 32.2. The molecule has 4 aromatic rings. The van der Waals surface area contributed by atoms with Crippen molar-refractivity contribution in [2.45, 2.75) is 24.4 Å². The summed E-state index contributed by atoms with van der Waals surface area (Å²) in [5, 5.41) is 3.65. The summed E-state index contributed by atoms with van der Waals surface area (Å²) >= 11 is 4.23. The van der Waals surface area contributed by atoms with Gasteiger partial charge in [-0.15, -0.1) is 11.3 Å². The summed E-state index contributed by atoms with van der Waals surface area (Å²) in [6.45, 7) is 2.34. The highest BCUT2D eigenvalue weighted by Crippen LogP contribution is 2.45. The second kappa shape index (κ2) is 10.0. The predicted molar refractivity (Wildman–Crippen MR) is 142 cm³/mol. The Morgan fingerprint density at radius 3 is 2.75 bits per heavy atom. The Morgan fingerprint density at radius 2 is 2.00 bits per heavy atom. The van der Waals surface area contributed by atoms with Crippen LogP contribution >= 0.6 is 34.4 Å². The largest absolute Gasteiger partial charge is 0.467 e. The Labute approximate surface area is 219 Å². The summed E-state index contributed by atoms with van der Waals surface area (Å²) in [7, 11) is 3.17. The Morgan fingerprint density at radius 1 is 1.22 bits per heavy atom. The van der Waals surface area contributed by atoms with Gasteiger partial charge in [0.15, 0.2) is 12.7 Å². The molecule has 2 aromatic heterocycles. The van der Waals surface area contributed by atoms with Gasteiger partial charge in [0.25, 0.3) is 10.6 Å². The number of ether oxygens (including phenoxy) is 1. The molecule has 1 atom stereocenters. The third-order valence-electron chi connectivity index (χ3n) is 5.93. The van der Waals surface area contributed by atoms with Gasteiger partial charge < -0.3 is 9.64 Å². The third kappa shape index (κ3) is 4.52. The van der Waals surface area contributed by atoms with E-state index < -0.39 is 12.0 Å². The van der Waals surface area contributed by atoms with Crippen LogP contribution in [0, 0.1) is 5.82 Å². The lowest BCUT2D eigenvalue weighted by molar-refractivity contribution is -0.685. The number of rotatable bonds is 5. The van der Waals surface area contributed by atoms with Gasteiger partial charge in [0.05, 0.1) is 24.3 Å². The molecule has 0 bridgehead atoms. The van der Waals surface area contributed by atoms with Crippen molar-refractivity contribution in [2.75, 3.05) is 19.1 Å². The molecule has 184 valence electrons. The standard InChI is InChI=1S/C26H23FN3O3S3/c1-16(26(32)33-3)30-22(14-21-29(11-12-34-21)15-17-7-5-4-6-8-17)36-23(24(30)31)25-28(2)19-10-9-18(27)13-20(19)35-25/h4-14,16H,15H2,1-3H3/q+1/b25-23+/t16-/m1/s1. The van der Waals surface area contributed by atoms with E-state index in [9.17, 15) is 14.0 Å². The molecule has 1 aliphatic heterocycles. The second-order valence-electron chi connectivity index (χ2n) is 8.22. The maximum absolute atomic E-state index is 13.8. The molecule has 0 amide bonds. The van der Waals surface area contributed by atoms with Crippen molar-refractivity contribution in [3.8, 4) is 0 Å². The number of halogens is 1. The van der Waals surface area contributed by atoms with Crippen molar-refractivity contribution < 1.29 is 18.5 Å². The molecule has 2 aromatic carbocycles. The number of aromatic nitrogens is 2. The molecule has 0 radical (unpaired) electrons. The molecule has 0 unspecified atom stereocenters. The summed E-state index contributed by atoms with van der Waals surface area (Å²) in [5.41, 5.74) is 1.71. The zero-order valence-corrected chi connectivity index (χ0v) is 22.3. The van der Waals surface area contributed by atoms with E-state index in [2.05, 4.69) is 16.7 Å². The minimum Gasteiger partial charge on any atom is -0.467 e. The molecule has 36 heavy (non-hydrogen) atoms. The van der Waals surface area contributed by atoms with Crippen LogP contribution in [-0.4, -0.2) is 24.7 Å². The first-order valence-corrected chi connectivity index (χ1v) is 13.7. The molecule has 10 heteroatoms. The first-order valence-electron chi connectivity index (χ1n) is 11.1. The van der Waals surface area contributed by atoms with Gasteiger partial charge in [0, 0.05) is 17.5 Å². The second-order valence-corrected chi connectivity index (χ2v) is 11.2. The predicted octanol–water partition coefficient (Wildman–Crippen LogP) is 3.32. The lowest BCUT2D eigenvalue weighted by Gasteiger charge is -2.12. The van der Waals surface area contributed by atoms with Crippen LogP contribution in [0.4, 0.5) is 10.1 Å². The fraction of sp³-hybridized carbons (Fsp3) is 0.192. The third-order valence-corrected chi connectivity index (χ3v) is 9.23. The average Bonchev–Trinajstić information content (AvgIpc) is 3.54. The number of esters is 1. The maximum Gasteiger partial charge on any atom is 0.328 e. The minimum absolute atomic E-state index is 0.280. The van der Waals surface area contributed by atoms with Crippen molar-refractivity contribution in [3.63, 3.8) is 0 Å². The van der Waals surface area contributed by atoms with Crippen LogP contribution in [-0.2, 0) is 16.1 Å². The first kappa shape index (κ1) is 24.5. The van der Waals surface area contributed by atoms with Gasteiger partial charge in [0.1, 0.15) is 26.1 Å². The van der Waals surface area contributed by atoms with E-state index in [1.54, 1.807) is 24.3 Å². The monoisotopic (exact) mass is 540 g/mol. The zero-order valence-electron chi connectivity index (χ0n) is 19.8. The van der Waals surface area contributed by atoms with E-state index in [-0.39, 0.29) is 11.4 Å². The van der Waals surface area contributed by atoms with E-state index in [0.29, 0.717) is 20.8 Å². The average molecular weight is 541 g/mol. The van der Waals surface area contributed by atoms with Crippen molar-refractivity contribution in [1.82, 2.24) is 4.57 Å². The summed E-state index contributed by atoms with van der Waals surface area (Å²) in [6, 6.07) is 13.9. The summed E-state index contributed by atoms with van der Waals surface area (Å²) in [5.74, 6) is -0.823. The Bertz CT molecular complexity index is 1630. The molecule has 0 saturated carbocycles. The number of carbonyl (C=O) groups is 1. The topological polar surface area (TPSA) is 55.4 Å². The molecule has 0 N–H and O–H groups in total. The lowest BCUT2D eigenvalue weighted by Crippen LogP contribution is -2.39. The molecular weight excluding hydrogens is 518 g/mol. The van der Waals surface area contributed by atoms with Crippen molar-refractivity contribution in [1.29, 1.82) is 0 Å². The Hall–Kier alpha value is -3.21. The van der Waals surface area contributed by atoms with Crippen LogP contribution in [0.25, 0.3) is 11.1 Å². The fourth-order valence-electron chi connectivity index (χ4n) is 4.06. The molecule has 1 aliphatic rings. The normalized spacial score (nSPS) is 15.8. The molecule has 0 aliphatic carbocycles. The van der Waals surface area contributed by atoms with Crippen molar-refractivity contribution >= 4 is 57.2 Å². The number of hydrogen-bond donors (Lipinski definition) is 0. The fourth-order valence-corrected chi connectivity index (χ4v) is 7.41. The highest BCUT2D eigenvalue weighted by molar-refractivity contribution is 8.08. The lowest BCUT2D eigenvalue weighted by atomic mass is 10.2. The van der Waals surface area contributed by atoms with Crippen LogP contribution < -0.4 is 24.2 Å². The van der Waals surface area contributed by atoms with Crippen LogP contribution in [0.5, 0.6) is 0 Å². The van der Waals surface area contributed by atoms with Crippen LogP contribution in [0.3, 0.4) is 0 Å². The van der Waals surface area contributed by atoms with Crippen LogP contribution in [0.2, 0.25) is 0 Å². The number of benzene rings is 2. The number of nitrogens with zero attached hydrogens (tertiary/aromatic N) is 3. The quantitative estimate of drug-likeness (QED) is 0.287. The Kier molecular flexibility index (Phi) is 6.83. The van der Waals surface area contributed by atoms with Gasteiger partial charge in [-0.3, -0.25) is 9.36 Å². The Balaban J connectivity index is 1.68. The highest BCUT2D eigenvalue weighted by Gasteiger charge is 2.27. The zero-order chi connectivity index (χ0) is 25.4. The first-order chi connectivity index (χ1) is 17.4. The molecular formula is C26H23FN3O3S3+. The van der Waals surface area contributed by atoms with Crippen molar-refractivity contribution in [2.24, 2.45) is 0 Å². The van der Waals surface area contributed by atoms with E-state index in [1.807, 2.05) is 47.8 Å². The molecule has 0 saturated heterocycles. The van der Waals surface area contributed by atoms with Gasteiger partial charge in [-0.1, -0.05) is 53.4 Å². The van der Waals surface area contributed by atoms with E-state index >= 15 is 0 Å². The number of thioether (sulfide) groups is 1. The number of fused-ring (bicyclic) bond motifs is 1. The van der Waals surface area contributed by atoms with E-state index in [0.717, 1.165) is 21.2 Å². The number of anilines is 1. The number of thiazole rings is 2. The minimum atomic E-state index is -0.807. The van der Waals surface area contributed by atoms with Gasteiger partial charge in [-0.05, 0) is 25.1 Å².